The van der Waals surface area contributed by atoms with Gasteiger partial charge in [0.05, 0.1) is 0 Å². The maximum atomic E-state index is 12.0. The van der Waals surface area contributed by atoms with E-state index in [2.05, 4.69) is 23.2 Å². The molecule has 0 unspecified atom stereocenters. The van der Waals surface area contributed by atoms with Crippen LogP contribution in [0.2, 0.25) is 0 Å². The zero-order valence-corrected chi connectivity index (χ0v) is 16.2. The van der Waals surface area contributed by atoms with Gasteiger partial charge in [-0.15, -0.1) is 10.2 Å². The lowest BCUT2D eigenvalue weighted by molar-refractivity contribution is 0.559. The van der Waals surface area contributed by atoms with E-state index < -0.39 is 0 Å². The number of fused-ring (bicyclic) bond motifs is 1. The third kappa shape index (κ3) is 3.40. The molecule has 4 rings (SSSR count). The number of rotatable bonds is 4. The predicted molar refractivity (Wildman–Crippen MR) is 108 cm³/mol. The van der Waals surface area contributed by atoms with Crippen LogP contribution in [0.5, 0.6) is 0 Å². The van der Waals surface area contributed by atoms with Crippen LogP contribution in [0.4, 0.5) is 0 Å². The molecule has 5 nitrogen and oxygen atoms in total. The lowest BCUT2D eigenvalue weighted by Gasteiger charge is -2.08. The molecule has 0 saturated heterocycles. The fraction of sp³-hybridized carbons (Fsp3) is 0.190. The number of benzene rings is 2. The third-order valence-corrected chi connectivity index (χ3v) is 5.74. The molecule has 27 heavy (non-hydrogen) atoms. The Balaban J connectivity index is 1.66. The first-order valence-electron chi connectivity index (χ1n) is 8.64. The molecule has 0 aliphatic heterocycles. The van der Waals surface area contributed by atoms with Crippen LogP contribution in [0.15, 0.2) is 62.9 Å². The van der Waals surface area contributed by atoms with Crippen molar-refractivity contribution in [2.24, 2.45) is 7.05 Å². The fourth-order valence-corrected chi connectivity index (χ4v) is 3.93. The Morgan fingerprint density at radius 2 is 1.78 bits per heavy atom. The number of thioether (sulfide) groups is 1. The van der Waals surface area contributed by atoms with E-state index in [-0.39, 0.29) is 5.63 Å². The van der Waals surface area contributed by atoms with Crippen LogP contribution in [0, 0.1) is 13.8 Å². The van der Waals surface area contributed by atoms with Crippen LogP contribution in [0.1, 0.15) is 16.7 Å². The molecule has 0 radical (unpaired) electrons. The Morgan fingerprint density at radius 3 is 2.56 bits per heavy atom. The van der Waals surface area contributed by atoms with Crippen molar-refractivity contribution in [3.63, 3.8) is 0 Å². The summed E-state index contributed by atoms with van der Waals surface area (Å²) in [6, 6.07) is 15.5. The molecule has 0 aliphatic carbocycles. The summed E-state index contributed by atoms with van der Waals surface area (Å²) in [5, 5.41) is 10.4. The van der Waals surface area contributed by atoms with Gasteiger partial charge in [0.2, 0.25) is 0 Å². The number of aromatic nitrogens is 3. The maximum absolute atomic E-state index is 12.0. The maximum Gasteiger partial charge on any atom is 0.336 e. The first-order valence-corrected chi connectivity index (χ1v) is 9.63. The molecule has 136 valence electrons. The van der Waals surface area contributed by atoms with Gasteiger partial charge in [-0.3, -0.25) is 0 Å². The Bertz CT molecular complexity index is 1180. The van der Waals surface area contributed by atoms with Gasteiger partial charge in [-0.25, -0.2) is 4.79 Å². The molecule has 0 aliphatic rings. The van der Waals surface area contributed by atoms with Crippen LogP contribution in [0.3, 0.4) is 0 Å². The lowest BCUT2D eigenvalue weighted by atomic mass is 10.0. The molecule has 0 amide bonds. The number of nitrogens with zero attached hydrogens (tertiary/aromatic N) is 3. The summed E-state index contributed by atoms with van der Waals surface area (Å²) in [4.78, 5) is 12.0. The summed E-state index contributed by atoms with van der Waals surface area (Å²) >= 11 is 1.56. The molecule has 6 heteroatoms. The van der Waals surface area contributed by atoms with Gasteiger partial charge in [0.1, 0.15) is 5.58 Å². The monoisotopic (exact) mass is 377 g/mol. The first kappa shape index (κ1) is 17.5. The Hall–Kier alpha value is -2.86. The zero-order valence-electron chi connectivity index (χ0n) is 15.4. The minimum atomic E-state index is -0.329. The quantitative estimate of drug-likeness (QED) is 0.387. The molecule has 2 aromatic carbocycles. The van der Waals surface area contributed by atoms with Crippen molar-refractivity contribution < 1.29 is 4.42 Å². The van der Waals surface area contributed by atoms with E-state index in [1.807, 2.05) is 54.9 Å². The van der Waals surface area contributed by atoms with E-state index in [9.17, 15) is 4.79 Å². The van der Waals surface area contributed by atoms with E-state index in [1.165, 1.54) is 5.56 Å². The minimum Gasteiger partial charge on any atom is -0.423 e. The highest BCUT2D eigenvalue weighted by atomic mass is 32.2. The smallest absolute Gasteiger partial charge is 0.336 e. The molecular formula is C21H19N3O2S. The van der Waals surface area contributed by atoms with Crippen LogP contribution in [-0.4, -0.2) is 14.8 Å². The van der Waals surface area contributed by atoms with E-state index in [4.69, 9.17) is 4.42 Å². The highest BCUT2D eigenvalue weighted by Crippen LogP contribution is 2.28. The van der Waals surface area contributed by atoms with Gasteiger partial charge in [-0.2, -0.15) is 0 Å². The second kappa shape index (κ2) is 7.04. The average molecular weight is 377 g/mol. The van der Waals surface area contributed by atoms with Crippen molar-refractivity contribution in [2.75, 3.05) is 0 Å². The molecule has 4 aromatic rings. The number of aryl methyl sites for hydroxylation is 2. The highest BCUT2D eigenvalue weighted by molar-refractivity contribution is 7.98. The topological polar surface area (TPSA) is 60.9 Å². The average Bonchev–Trinajstić information content (AvgIpc) is 3.02. The molecule has 0 saturated carbocycles. The zero-order chi connectivity index (χ0) is 19.0. The SMILES string of the molecule is Cc1cc2oc(=O)cc(CSc3nnc(-c4ccccc4)n3C)c2cc1C. The third-order valence-electron chi connectivity index (χ3n) is 4.67. The van der Waals surface area contributed by atoms with Crippen molar-refractivity contribution >= 4 is 22.7 Å². The van der Waals surface area contributed by atoms with Crippen molar-refractivity contribution in [3.8, 4) is 11.4 Å². The van der Waals surface area contributed by atoms with Crippen LogP contribution in [-0.2, 0) is 12.8 Å². The minimum absolute atomic E-state index is 0.329. The van der Waals surface area contributed by atoms with Gasteiger partial charge in [-0.1, -0.05) is 42.1 Å². The summed E-state index contributed by atoms with van der Waals surface area (Å²) < 4.78 is 7.35. The standard InChI is InChI=1S/C21H19N3O2S/c1-13-9-17-16(11-19(25)26-18(17)10-14(13)2)12-27-21-23-22-20(24(21)3)15-7-5-4-6-8-15/h4-11H,12H2,1-3H3. The first-order chi connectivity index (χ1) is 13.0. The van der Waals surface area contributed by atoms with Crippen molar-refractivity contribution in [3.05, 3.63) is 75.6 Å². The van der Waals surface area contributed by atoms with Crippen molar-refractivity contribution in [2.45, 2.75) is 24.8 Å². The highest BCUT2D eigenvalue weighted by Gasteiger charge is 2.13. The van der Waals surface area contributed by atoms with Gasteiger partial charge in [0.15, 0.2) is 11.0 Å². The van der Waals surface area contributed by atoms with Crippen LogP contribution in [0.25, 0.3) is 22.4 Å². The largest absolute Gasteiger partial charge is 0.423 e. The summed E-state index contributed by atoms with van der Waals surface area (Å²) in [6.45, 7) is 4.08. The van der Waals surface area contributed by atoms with E-state index in [0.29, 0.717) is 11.3 Å². The Labute approximate surface area is 161 Å². The van der Waals surface area contributed by atoms with Gasteiger partial charge < -0.3 is 8.98 Å². The van der Waals surface area contributed by atoms with Crippen LogP contribution >= 0.6 is 11.8 Å². The second-order valence-corrected chi connectivity index (χ2v) is 7.49. The second-order valence-electron chi connectivity index (χ2n) is 6.54. The van der Waals surface area contributed by atoms with Gasteiger partial charge in [0.25, 0.3) is 0 Å². The molecule has 0 N–H and O–H groups in total. The molecule has 0 spiro atoms. The number of hydrogen-bond donors (Lipinski definition) is 0. The molecule has 2 heterocycles. The number of hydrogen-bond acceptors (Lipinski definition) is 5. The van der Waals surface area contributed by atoms with E-state index in [1.54, 1.807) is 17.8 Å². The lowest BCUT2D eigenvalue weighted by Crippen LogP contribution is -2.01. The summed E-state index contributed by atoms with van der Waals surface area (Å²) in [5.41, 5.74) is 4.55. The van der Waals surface area contributed by atoms with E-state index in [0.717, 1.165) is 33.1 Å². The summed E-state index contributed by atoms with van der Waals surface area (Å²) in [6.07, 6.45) is 0. The Kier molecular flexibility index (Phi) is 4.58. The van der Waals surface area contributed by atoms with Crippen LogP contribution < -0.4 is 5.63 Å². The molecule has 0 bridgehead atoms. The Morgan fingerprint density at radius 1 is 1.04 bits per heavy atom. The molecule has 0 fully saturated rings. The normalized spacial score (nSPS) is 11.2. The molecule has 0 atom stereocenters. The molecular weight excluding hydrogens is 358 g/mol. The van der Waals surface area contributed by atoms with Gasteiger partial charge >= 0.3 is 5.63 Å². The van der Waals surface area contributed by atoms with Crippen molar-refractivity contribution in [1.82, 2.24) is 14.8 Å². The van der Waals surface area contributed by atoms with E-state index >= 15 is 0 Å². The van der Waals surface area contributed by atoms with Gasteiger partial charge in [0, 0.05) is 29.8 Å². The predicted octanol–water partition coefficient (Wildman–Crippen LogP) is 4.50. The summed E-state index contributed by atoms with van der Waals surface area (Å²) in [7, 11) is 1.95. The fourth-order valence-electron chi connectivity index (χ4n) is 3.02. The van der Waals surface area contributed by atoms with Crippen molar-refractivity contribution in [1.29, 1.82) is 0 Å². The molecule has 2 aromatic heterocycles. The van der Waals surface area contributed by atoms with Gasteiger partial charge in [-0.05, 0) is 42.7 Å². The summed E-state index contributed by atoms with van der Waals surface area (Å²) in [5.74, 6) is 1.44.